The smallest absolute Gasteiger partial charge is 0.411 e. The van der Waals surface area contributed by atoms with Crippen LogP contribution in [-0.2, 0) is 31.7 Å². The van der Waals surface area contributed by atoms with Gasteiger partial charge in [-0.2, -0.15) is 0 Å². The number of anilines is 2. The average Bonchev–Trinajstić information content (AvgIpc) is 3.80. The molecule has 0 saturated carbocycles. The molecule has 2 bridgehead atoms. The number of benzene rings is 3. The van der Waals surface area contributed by atoms with Crippen LogP contribution in [0.3, 0.4) is 0 Å². The van der Waals surface area contributed by atoms with E-state index in [0.717, 1.165) is 46.3 Å². The predicted molar refractivity (Wildman–Crippen MR) is 194 cm³/mol. The number of nitrogens with one attached hydrogen (secondary N) is 2. The lowest BCUT2D eigenvalue weighted by molar-refractivity contribution is -0.116. The van der Waals surface area contributed by atoms with E-state index in [4.69, 9.17) is 13.9 Å². The number of nitrogens with zero attached hydrogens (tertiary/aromatic N) is 1. The standard InChI is InChI=1S/C39H51N3O5Si/c1-25-20-27(24-45-48(6,7)39(2,3)4)17-19-31(25)40-35(43)15-11-12-26-16-18-30(28-13-9-8-10-14-28)32(21-26)41-38(44)46-29-22-33-36-37(47-36)34(23-29)42(33)5/h8-10,13-14,16-21,29,33-34,36-37H,11-12,15,22-24H2,1-7H3,(H,40,43)(H,41,44). The third kappa shape index (κ3) is 7.70. The van der Waals surface area contributed by atoms with Gasteiger partial charge in [0.15, 0.2) is 8.32 Å². The van der Waals surface area contributed by atoms with Gasteiger partial charge in [-0.3, -0.25) is 15.0 Å². The summed E-state index contributed by atoms with van der Waals surface area (Å²) in [4.78, 5) is 28.5. The van der Waals surface area contributed by atoms with Crippen molar-refractivity contribution >= 4 is 31.7 Å². The van der Waals surface area contributed by atoms with E-state index in [1.54, 1.807) is 0 Å². The summed E-state index contributed by atoms with van der Waals surface area (Å²) < 4.78 is 18.1. The largest absolute Gasteiger partial charge is 0.446 e. The number of carbonyl (C=O) groups is 2. The Hall–Kier alpha value is -3.50. The van der Waals surface area contributed by atoms with E-state index in [-0.39, 0.29) is 17.0 Å². The van der Waals surface area contributed by atoms with Gasteiger partial charge in [0.1, 0.15) is 18.3 Å². The molecule has 0 spiro atoms. The maximum absolute atomic E-state index is 13.2. The van der Waals surface area contributed by atoms with E-state index in [1.807, 2.05) is 61.5 Å². The molecule has 48 heavy (non-hydrogen) atoms. The van der Waals surface area contributed by atoms with Gasteiger partial charge in [-0.25, -0.2) is 4.79 Å². The molecule has 3 aliphatic heterocycles. The van der Waals surface area contributed by atoms with Gasteiger partial charge in [0, 0.05) is 42.6 Å². The number of fused-ring (bicyclic) bond motifs is 5. The first-order valence-electron chi connectivity index (χ1n) is 17.4. The van der Waals surface area contributed by atoms with Gasteiger partial charge in [0.05, 0.1) is 12.3 Å². The zero-order chi connectivity index (χ0) is 34.2. The Bertz CT molecular complexity index is 1620. The van der Waals surface area contributed by atoms with Crippen LogP contribution in [-0.4, -0.2) is 62.7 Å². The molecule has 3 aromatic carbocycles. The second-order valence-electron chi connectivity index (χ2n) is 15.3. The lowest BCUT2D eigenvalue weighted by Crippen LogP contribution is -2.48. The Morgan fingerprint density at radius 2 is 1.60 bits per heavy atom. The quantitative estimate of drug-likeness (QED) is 0.158. The third-order valence-corrected chi connectivity index (χ3v) is 15.4. The summed E-state index contributed by atoms with van der Waals surface area (Å²) in [6.45, 7) is 13.9. The summed E-state index contributed by atoms with van der Waals surface area (Å²) in [6.07, 6.45) is 3.41. The topological polar surface area (TPSA) is 92.4 Å². The van der Waals surface area contributed by atoms with Gasteiger partial charge in [0.25, 0.3) is 0 Å². The van der Waals surface area contributed by atoms with Crippen LogP contribution in [0.2, 0.25) is 18.1 Å². The lowest BCUT2D eigenvalue weighted by Gasteiger charge is -2.37. The number of carbonyl (C=O) groups excluding carboxylic acids is 2. The Morgan fingerprint density at radius 1 is 0.917 bits per heavy atom. The summed E-state index contributed by atoms with van der Waals surface area (Å²) in [5, 5.41) is 6.30. The number of piperidine rings is 1. The van der Waals surface area contributed by atoms with Crippen molar-refractivity contribution in [3.63, 3.8) is 0 Å². The molecule has 6 rings (SSSR count). The van der Waals surface area contributed by atoms with Crippen LogP contribution in [0, 0.1) is 6.92 Å². The molecule has 0 aliphatic carbocycles. The van der Waals surface area contributed by atoms with Crippen LogP contribution in [0.5, 0.6) is 0 Å². The molecule has 3 heterocycles. The molecule has 8 nitrogen and oxygen atoms in total. The number of aryl methyl sites for hydroxylation is 2. The lowest BCUT2D eigenvalue weighted by atomic mass is 9.99. The number of amides is 2. The van der Waals surface area contributed by atoms with Crippen LogP contribution in [0.15, 0.2) is 66.7 Å². The fourth-order valence-corrected chi connectivity index (χ4v) is 7.87. The van der Waals surface area contributed by atoms with Gasteiger partial charge in [-0.15, -0.1) is 0 Å². The first kappa shape index (κ1) is 34.4. The molecule has 9 heteroatoms. The molecular weight excluding hydrogens is 619 g/mol. The van der Waals surface area contributed by atoms with Crippen LogP contribution in [0.1, 0.15) is 63.1 Å². The first-order valence-corrected chi connectivity index (χ1v) is 20.3. The van der Waals surface area contributed by atoms with E-state index in [0.29, 0.717) is 55.8 Å². The molecule has 0 aromatic heterocycles. The minimum absolute atomic E-state index is 0.0127. The third-order valence-electron chi connectivity index (χ3n) is 10.9. The van der Waals surface area contributed by atoms with Crippen LogP contribution >= 0.6 is 0 Å². The van der Waals surface area contributed by atoms with Crippen molar-refractivity contribution in [2.24, 2.45) is 0 Å². The minimum Gasteiger partial charge on any atom is -0.446 e. The molecule has 2 N–H and O–H groups in total. The van der Waals surface area contributed by atoms with Crippen LogP contribution in [0.4, 0.5) is 16.2 Å². The number of rotatable bonds is 11. The summed E-state index contributed by atoms with van der Waals surface area (Å²) in [5.74, 6) is -0.0127. The zero-order valence-corrected chi connectivity index (χ0v) is 30.5. The molecule has 0 radical (unpaired) electrons. The monoisotopic (exact) mass is 669 g/mol. The van der Waals surface area contributed by atoms with Crippen molar-refractivity contribution in [3.05, 3.63) is 83.4 Å². The molecule has 256 valence electrons. The summed E-state index contributed by atoms with van der Waals surface area (Å²) in [6, 6.07) is 22.9. The average molecular weight is 670 g/mol. The van der Waals surface area contributed by atoms with Gasteiger partial charge in [-0.1, -0.05) is 75.4 Å². The molecule has 3 aromatic rings. The highest BCUT2D eigenvalue weighted by Crippen LogP contribution is 2.48. The SMILES string of the molecule is Cc1cc(CO[Si](C)(C)C(C)(C)C)ccc1NC(=O)CCCc1ccc(-c2ccccc2)c(NC(=O)OC2CC3C4OC4C(C2)N3C)c1. The highest BCUT2D eigenvalue weighted by molar-refractivity contribution is 6.74. The van der Waals surface area contributed by atoms with Crippen molar-refractivity contribution in [2.45, 2.75) is 115 Å². The Balaban J connectivity index is 1.03. The van der Waals surface area contributed by atoms with Gasteiger partial charge < -0.3 is 19.2 Å². The Labute approximate surface area is 286 Å². The maximum atomic E-state index is 13.2. The van der Waals surface area contributed by atoms with Gasteiger partial charge in [0.2, 0.25) is 5.91 Å². The van der Waals surface area contributed by atoms with Crippen molar-refractivity contribution in [2.75, 3.05) is 17.7 Å². The molecule has 4 atom stereocenters. The Morgan fingerprint density at radius 3 is 2.27 bits per heavy atom. The summed E-state index contributed by atoms with van der Waals surface area (Å²) >= 11 is 0. The van der Waals surface area contributed by atoms with Crippen molar-refractivity contribution in [3.8, 4) is 11.1 Å². The van der Waals surface area contributed by atoms with Crippen LogP contribution in [0.25, 0.3) is 11.1 Å². The molecule has 2 amide bonds. The normalized spacial score (nSPS) is 23.4. The van der Waals surface area contributed by atoms with Crippen molar-refractivity contribution in [1.82, 2.24) is 4.90 Å². The minimum atomic E-state index is -1.84. The van der Waals surface area contributed by atoms with E-state index >= 15 is 0 Å². The molecule has 4 unspecified atom stereocenters. The van der Waals surface area contributed by atoms with E-state index in [1.165, 1.54) is 0 Å². The van der Waals surface area contributed by atoms with E-state index in [2.05, 4.69) is 68.6 Å². The molecule has 3 aliphatic rings. The van der Waals surface area contributed by atoms with Crippen molar-refractivity contribution < 1.29 is 23.5 Å². The maximum Gasteiger partial charge on any atom is 0.411 e. The fraction of sp³-hybridized carbons (Fsp3) is 0.487. The van der Waals surface area contributed by atoms with Crippen LogP contribution < -0.4 is 10.6 Å². The number of likely N-dealkylation sites (N-methyl/N-ethyl adjacent to an activating group) is 1. The second kappa shape index (κ2) is 13.8. The number of epoxide rings is 1. The summed E-state index contributed by atoms with van der Waals surface area (Å²) in [7, 11) is 0.310. The fourth-order valence-electron chi connectivity index (χ4n) is 6.91. The van der Waals surface area contributed by atoms with E-state index in [9.17, 15) is 9.59 Å². The zero-order valence-electron chi connectivity index (χ0n) is 29.5. The molecular formula is C39H51N3O5Si. The molecule has 3 saturated heterocycles. The van der Waals surface area contributed by atoms with Crippen molar-refractivity contribution in [1.29, 1.82) is 0 Å². The number of hydrogen-bond acceptors (Lipinski definition) is 6. The van der Waals surface area contributed by atoms with E-state index < -0.39 is 14.4 Å². The highest BCUT2D eigenvalue weighted by atomic mass is 28.4. The molecule has 3 fully saturated rings. The second-order valence-corrected chi connectivity index (χ2v) is 20.1. The predicted octanol–water partition coefficient (Wildman–Crippen LogP) is 8.31. The summed E-state index contributed by atoms with van der Waals surface area (Å²) in [5.41, 5.74) is 6.68. The van der Waals surface area contributed by atoms with Gasteiger partial charge >= 0.3 is 6.09 Å². The number of hydrogen-bond donors (Lipinski definition) is 2. The van der Waals surface area contributed by atoms with Gasteiger partial charge in [-0.05, 0) is 79.3 Å². The number of ether oxygens (including phenoxy) is 2. The first-order chi connectivity index (χ1) is 22.8. The number of morpholine rings is 1. The highest BCUT2D eigenvalue weighted by Gasteiger charge is 2.62. The Kier molecular flexibility index (Phi) is 9.87.